The molecule has 78 valence electrons. The maximum Gasteiger partial charge on any atom is 0.168 e. The molecule has 0 heterocycles. The Morgan fingerprint density at radius 2 is 2.07 bits per heavy atom. The Bertz CT molecular complexity index is 321. The minimum atomic E-state index is -0.536. The van der Waals surface area contributed by atoms with Gasteiger partial charge >= 0.3 is 0 Å². The first-order valence-electron chi connectivity index (χ1n) is 4.62. The zero-order valence-corrected chi connectivity index (χ0v) is 8.67. The normalized spacial score (nSPS) is 11.4. The molecule has 0 aromatic heterocycles. The first-order valence-corrected chi connectivity index (χ1v) is 4.62. The highest BCUT2D eigenvalue weighted by Crippen LogP contribution is 2.26. The minimum Gasteiger partial charge on any atom is -0.508 e. The number of benzene rings is 1. The lowest BCUT2D eigenvalue weighted by atomic mass is 10.1. The summed E-state index contributed by atoms with van der Waals surface area (Å²) >= 11 is 0. The fourth-order valence-electron chi connectivity index (χ4n) is 0.942. The number of phenolic OH excluding ortho intramolecular Hbond substituents is 1. The van der Waals surface area contributed by atoms with Crippen molar-refractivity contribution in [1.82, 2.24) is 0 Å². The van der Waals surface area contributed by atoms with Gasteiger partial charge in [-0.15, -0.1) is 0 Å². The van der Waals surface area contributed by atoms with Gasteiger partial charge in [-0.1, -0.05) is 6.92 Å². The fourth-order valence-corrected chi connectivity index (χ4v) is 0.942. The predicted molar refractivity (Wildman–Crippen MR) is 53.1 cm³/mol. The molecule has 0 unspecified atom stereocenters. The van der Waals surface area contributed by atoms with Crippen LogP contribution in [0.4, 0.5) is 4.39 Å². The second-order valence-corrected chi connectivity index (χ2v) is 3.83. The van der Waals surface area contributed by atoms with E-state index in [1.165, 1.54) is 12.1 Å². The van der Waals surface area contributed by atoms with Crippen molar-refractivity contribution in [3.63, 3.8) is 0 Å². The highest BCUT2D eigenvalue weighted by Gasteiger charge is 2.18. The van der Waals surface area contributed by atoms with E-state index in [-0.39, 0.29) is 11.5 Å². The summed E-state index contributed by atoms with van der Waals surface area (Å²) < 4.78 is 18.7. The van der Waals surface area contributed by atoms with Crippen LogP contribution in [0.5, 0.6) is 11.5 Å². The van der Waals surface area contributed by atoms with Gasteiger partial charge in [0.15, 0.2) is 11.6 Å². The van der Waals surface area contributed by atoms with Crippen LogP contribution in [0, 0.1) is 5.82 Å². The summed E-state index contributed by atoms with van der Waals surface area (Å²) in [7, 11) is 0. The summed E-state index contributed by atoms with van der Waals surface area (Å²) in [5.74, 6) is -0.453. The molecule has 1 N–H and O–H groups in total. The van der Waals surface area contributed by atoms with Gasteiger partial charge in [-0.2, -0.15) is 0 Å². The van der Waals surface area contributed by atoms with E-state index in [1.54, 1.807) is 0 Å². The Labute approximate surface area is 83.3 Å². The van der Waals surface area contributed by atoms with Gasteiger partial charge in [-0.05, 0) is 32.4 Å². The van der Waals surface area contributed by atoms with Gasteiger partial charge in [0.05, 0.1) is 0 Å². The van der Waals surface area contributed by atoms with E-state index in [0.29, 0.717) is 0 Å². The van der Waals surface area contributed by atoms with Crippen molar-refractivity contribution in [3.8, 4) is 11.5 Å². The smallest absolute Gasteiger partial charge is 0.168 e. The lowest BCUT2D eigenvalue weighted by molar-refractivity contribution is 0.0993. The van der Waals surface area contributed by atoms with Crippen LogP contribution in [0.2, 0.25) is 0 Å². The van der Waals surface area contributed by atoms with Crippen LogP contribution >= 0.6 is 0 Å². The lowest BCUT2D eigenvalue weighted by Crippen LogP contribution is -2.27. The molecule has 1 rings (SSSR count). The molecule has 0 aliphatic rings. The Hall–Kier alpha value is -1.25. The van der Waals surface area contributed by atoms with Crippen molar-refractivity contribution in [3.05, 3.63) is 24.0 Å². The quantitative estimate of drug-likeness (QED) is 0.808. The molecular formula is C11H15FO2. The van der Waals surface area contributed by atoms with Crippen molar-refractivity contribution in [2.24, 2.45) is 0 Å². The van der Waals surface area contributed by atoms with Gasteiger partial charge < -0.3 is 9.84 Å². The largest absolute Gasteiger partial charge is 0.508 e. The maximum atomic E-state index is 13.2. The van der Waals surface area contributed by atoms with Crippen LogP contribution < -0.4 is 4.74 Å². The molecule has 0 bridgehead atoms. The first kappa shape index (κ1) is 10.8. The number of ether oxygens (including phenoxy) is 1. The third kappa shape index (κ3) is 2.62. The van der Waals surface area contributed by atoms with Crippen LogP contribution in [0.25, 0.3) is 0 Å². The first-order chi connectivity index (χ1) is 6.44. The van der Waals surface area contributed by atoms with Crippen LogP contribution in [-0.4, -0.2) is 10.7 Å². The summed E-state index contributed by atoms with van der Waals surface area (Å²) in [5, 5.41) is 9.00. The molecule has 0 aliphatic heterocycles. The van der Waals surface area contributed by atoms with Crippen molar-refractivity contribution in [2.45, 2.75) is 32.8 Å². The van der Waals surface area contributed by atoms with Crippen molar-refractivity contribution in [2.75, 3.05) is 0 Å². The van der Waals surface area contributed by atoms with E-state index in [9.17, 15) is 4.39 Å². The molecule has 0 spiro atoms. The Kier molecular flexibility index (Phi) is 2.99. The van der Waals surface area contributed by atoms with E-state index >= 15 is 0 Å². The third-order valence-corrected chi connectivity index (χ3v) is 2.15. The number of halogens is 1. The van der Waals surface area contributed by atoms with Crippen molar-refractivity contribution in [1.29, 1.82) is 0 Å². The molecule has 0 atom stereocenters. The molecule has 3 heteroatoms. The molecule has 1 aromatic rings. The molecule has 0 fully saturated rings. The van der Waals surface area contributed by atoms with Gasteiger partial charge in [-0.3, -0.25) is 0 Å². The lowest BCUT2D eigenvalue weighted by Gasteiger charge is -2.25. The standard InChI is InChI=1S/C11H15FO2/c1-4-11(2,3)14-10-6-5-8(13)7-9(10)12/h5-7,13H,4H2,1-3H3. The van der Waals surface area contributed by atoms with Crippen LogP contribution in [0.15, 0.2) is 18.2 Å². The number of aromatic hydroxyl groups is 1. The summed E-state index contributed by atoms with van der Waals surface area (Å²) in [6.45, 7) is 5.75. The molecule has 2 nitrogen and oxygen atoms in total. The van der Waals surface area contributed by atoms with E-state index in [2.05, 4.69) is 0 Å². The molecule has 0 radical (unpaired) electrons. The van der Waals surface area contributed by atoms with E-state index in [0.717, 1.165) is 12.5 Å². The molecular weight excluding hydrogens is 183 g/mol. The monoisotopic (exact) mass is 198 g/mol. The van der Waals surface area contributed by atoms with Gasteiger partial charge in [0.1, 0.15) is 11.4 Å². The van der Waals surface area contributed by atoms with Gasteiger partial charge in [-0.25, -0.2) is 4.39 Å². The Morgan fingerprint density at radius 1 is 1.43 bits per heavy atom. The number of rotatable bonds is 3. The number of hydrogen-bond donors (Lipinski definition) is 1. The average Bonchev–Trinajstić information content (AvgIpc) is 2.10. The molecule has 1 aromatic carbocycles. The van der Waals surface area contributed by atoms with Gasteiger partial charge in [0, 0.05) is 6.07 Å². The minimum absolute atomic E-state index is 0.0934. The van der Waals surface area contributed by atoms with Crippen molar-refractivity contribution >= 4 is 0 Å². The zero-order chi connectivity index (χ0) is 10.8. The Morgan fingerprint density at radius 3 is 2.57 bits per heavy atom. The summed E-state index contributed by atoms with van der Waals surface area (Å²) in [4.78, 5) is 0. The van der Waals surface area contributed by atoms with Crippen molar-refractivity contribution < 1.29 is 14.2 Å². The molecule has 14 heavy (non-hydrogen) atoms. The SMILES string of the molecule is CCC(C)(C)Oc1ccc(O)cc1F. The molecule has 0 amide bonds. The van der Waals surface area contributed by atoms with Crippen LogP contribution in [0.1, 0.15) is 27.2 Å². The van der Waals surface area contributed by atoms with Gasteiger partial charge in [0.2, 0.25) is 0 Å². The second kappa shape index (κ2) is 3.86. The highest BCUT2D eigenvalue weighted by molar-refractivity contribution is 5.32. The zero-order valence-electron chi connectivity index (χ0n) is 8.67. The summed E-state index contributed by atoms with van der Waals surface area (Å²) in [5.41, 5.74) is -0.391. The predicted octanol–water partition coefficient (Wildman–Crippen LogP) is 3.10. The van der Waals surface area contributed by atoms with Crippen LogP contribution in [0.3, 0.4) is 0 Å². The van der Waals surface area contributed by atoms with Gasteiger partial charge in [0.25, 0.3) is 0 Å². The fraction of sp³-hybridized carbons (Fsp3) is 0.455. The van der Waals surface area contributed by atoms with E-state index in [1.807, 2.05) is 20.8 Å². The highest BCUT2D eigenvalue weighted by atomic mass is 19.1. The molecule has 0 aliphatic carbocycles. The number of phenols is 1. The van der Waals surface area contributed by atoms with Crippen LogP contribution in [-0.2, 0) is 0 Å². The number of hydrogen-bond acceptors (Lipinski definition) is 2. The second-order valence-electron chi connectivity index (χ2n) is 3.83. The molecule has 0 saturated carbocycles. The third-order valence-electron chi connectivity index (χ3n) is 2.15. The summed E-state index contributed by atoms with van der Waals surface area (Å²) in [6, 6.07) is 3.88. The maximum absolute atomic E-state index is 13.2. The molecule has 0 saturated heterocycles. The van der Waals surface area contributed by atoms with E-state index < -0.39 is 11.4 Å². The summed E-state index contributed by atoms with van der Waals surface area (Å²) in [6.07, 6.45) is 0.785. The average molecular weight is 198 g/mol. The Balaban J connectivity index is 2.87. The van der Waals surface area contributed by atoms with E-state index in [4.69, 9.17) is 9.84 Å². The topological polar surface area (TPSA) is 29.5 Å².